The molecule has 4 nitrogen and oxygen atoms in total. The summed E-state index contributed by atoms with van der Waals surface area (Å²) in [6.45, 7) is 4.59. The number of hydrogen-bond acceptors (Lipinski definition) is 3. The van der Waals surface area contributed by atoms with Gasteiger partial charge in [-0.15, -0.1) is 0 Å². The molecular formula is C20H24N2O2. The quantitative estimate of drug-likeness (QED) is 0.889. The van der Waals surface area contributed by atoms with Crippen LogP contribution >= 0.6 is 0 Å². The zero-order valence-electron chi connectivity index (χ0n) is 14.0. The first kappa shape index (κ1) is 16.5. The van der Waals surface area contributed by atoms with Crippen molar-refractivity contribution in [3.63, 3.8) is 0 Å². The molecular weight excluding hydrogens is 300 g/mol. The number of hydrogen-bond donors (Lipinski definition) is 2. The molecule has 2 aromatic carbocycles. The number of ether oxygens (including phenoxy) is 1. The fourth-order valence-electron chi connectivity index (χ4n) is 2.92. The third kappa shape index (κ3) is 4.36. The first-order valence-corrected chi connectivity index (χ1v) is 8.51. The Bertz CT molecular complexity index is 655. The van der Waals surface area contributed by atoms with Crippen LogP contribution in [0.3, 0.4) is 0 Å². The van der Waals surface area contributed by atoms with E-state index in [1.54, 1.807) is 0 Å². The van der Waals surface area contributed by atoms with Gasteiger partial charge in [0, 0.05) is 11.6 Å². The number of carbonyl (C=O) groups excluding carboxylic acids is 1. The van der Waals surface area contributed by atoms with Gasteiger partial charge in [-0.3, -0.25) is 4.79 Å². The summed E-state index contributed by atoms with van der Waals surface area (Å²) in [5.74, 6) is 1.31. The van der Waals surface area contributed by atoms with E-state index >= 15 is 0 Å². The molecule has 4 heteroatoms. The highest BCUT2D eigenvalue weighted by molar-refractivity contribution is 5.94. The zero-order valence-corrected chi connectivity index (χ0v) is 14.0. The lowest BCUT2D eigenvalue weighted by Crippen LogP contribution is -2.48. The van der Waals surface area contributed by atoms with Gasteiger partial charge in [0.25, 0.3) is 5.91 Å². The lowest BCUT2D eigenvalue weighted by molar-refractivity contribution is 0.0914. The van der Waals surface area contributed by atoms with Crippen molar-refractivity contribution in [2.24, 2.45) is 5.92 Å². The van der Waals surface area contributed by atoms with E-state index in [0.29, 0.717) is 18.1 Å². The van der Waals surface area contributed by atoms with Crippen molar-refractivity contribution in [2.75, 3.05) is 13.1 Å². The molecule has 1 heterocycles. The second kappa shape index (κ2) is 7.97. The number of carbonyl (C=O) groups is 1. The normalized spacial score (nSPS) is 20.4. The summed E-state index contributed by atoms with van der Waals surface area (Å²) in [5.41, 5.74) is 1.75. The van der Waals surface area contributed by atoms with Crippen LogP contribution in [0, 0.1) is 5.92 Å². The maximum Gasteiger partial charge on any atom is 0.251 e. The molecule has 24 heavy (non-hydrogen) atoms. The number of para-hydroxylation sites is 1. The number of benzene rings is 2. The van der Waals surface area contributed by atoms with Gasteiger partial charge in [-0.25, -0.2) is 0 Å². The van der Waals surface area contributed by atoms with Crippen molar-refractivity contribution in [3.05, 3.63) is 65.7 Å². The molecule has 1 amide bonds. The zero-order chi connectivity index (χ0) is 16.8. The van der Waals surface area contributed by atoms with E-state index in [0.717, 1.165) is 30.8 Å². The van der Waals surface area contributed by atoms with Gasteiger partial charge >= 0.3 is 0 Å². The number of piperidine rings is 1. The smallest absolute Gasteiger partial charge is 0.251 e. The summed E-state index contributed by atoms with van der Waals surface area (Å²) in [4.78, 5) is 12.4. The maximum atomic E-state index is 12.4. The first-order chi connectivity index (χ1) is 11.7. The van der Waals surface area contributed by atoms with Crippen LogP contribution in [0.25, 0.3) is 0 Å². The van der Waals surface area contributed by atoms with Crippen LogP contribution in [0.1, 0.15) is 29.3 Å². The van der Waals surface area contributed by atoms with Crippen LogP contribution in [-0.4, -0.2) is 25.0 Å². The minimum absolute atomic E-state index is 0.00396. The van der Waals surface area contributed by atoms with Gasteiger partial charge in [0.1, 0.15) is 12.4 Å². The predicted octanol–water partition coefficient (Wildman–Crippen LogP) is 2.99. The molecule has 1 aliphatic rings. The Kier molecular flexibility index (Phi) is 5.49. The Balaban J connectivity index is 1.54. The van der Waals surface area contributed by atoms with Crippen molar-refractivity contribution < 1.29 is 9.53 Å². The topological polar surface area (TPSA) is 50.4 Å². The van der Waals surface area contributed by atoms with Gasteiger partial charge in [-0.1, -0.05) is 37.3 Å². The molecule has 2 N–H and O–H groups in total. The molecule has 0 aliphatic carbocycles. The first-order valence-electron chi connectivity index (χ1n) is 8.51. The summed E-state index contributed by atoms with van der Waals surface area (Å²) in [5, 5.41) is 6.50. The van der Waals surface area contributed by atoms with E-state index in [4.69, 9.17) is 4.74 Å². The Labute approximate surface area is 143 Å². The van der Waals surface area contributed by atoms with Gasteiger partial charge in [0.05, 0.1) is 0 Å². The van der Waals surface area contributed by atoms with Gasteiger partial charge in [0.2, 0.25) is 0 Å². The van der Waals surface area contributed by atoms with E-state index in [1.807, 2.05) is 54.6 Å². The van der Waals surface area contributed by atoms with Gasteiger partial charge in [-0.2, -0.15) is 0 Å². The van der Waals surface area contributed by atoms with Crippen LogP contribution in [0.4, 0.5) is 0 Å². The maximum absolute atomic E-state index is 12.4. The van der Waals surface area contributed by atoms with Crippen molar-refractivity contribution >= 4 is 5.91 Å². The largest absolute Gasteiger partial charge is 0.489 e. The average Bonchev–Trinajstić information content (AvgIpc) is 2.63. The third-order valence-corrected chi connectivity index (χ3v) is 4.47. The molecule has 1 saturated heterocycles. The Morgan fingerprint density at radius 1 is 1.17 bits per heavy atom. The third-order valence-electron chi connectivity index (χ3n) is 4.47. The SMILES string of the molecule is CC1CNCCC1NC(=O)c1ccc(COc2ccccc2)cc1. The van der Waals surface area contributed by atoms with Crippen molar-refractivity contribution in [3.8, 4) is 5.75 Å². The minimum Gasteiger partial charge on any atom is -0.489 e. The predicted molar refractivity (Wildman–Crippen MR) is 95.1 cm³/mol. The fraction of sp³-hybridized carbons (Fsp3) is 0.350. The summed E-state index contributed by atoms with van der Waals surface area (Å²) >= 11 is 0. The molecule has 1 fully saturated rings. The van der Waals surface area contributed by atoms with Crippen LogP contribution < -0.4 is 15.4 Å². The number of rotatable bonds is 5. The summed E-state index contributed by atoms with van der Waals surface area (Å²) in [6, 6.07) is 17.6. The number of amides is 1. The molecule has 1 aliphatic heterocycles. The van der Waals surface area contributed by atoms with E-state index in [9.17, 15) is 4.79 Å². The van der Waals surface area contributed by atoms with E-state index in [-0.39, 0.29) is 11.9 Å². The molecule has 2 atom stereocenters. The molecule has 0 spiro atoms. The van der Waals surface area contributed by atoms with Gasteiger partial charge in [-0.05, 0) is 55.3 Å². The molecule has 2 aromatic rings. The summed E-state index contributed by atoms with van der Waals surface area (Å²) < 4.78 is 5.72. The second-order valence-corrected chi connectivity index (χ2v) is 6.35. The van der Waals surface area contributed by atoms with Crippen LogP contribution in [0.5, 0.6) is 5.75 Å². The van der Waals surface area contributed by atoms with Crippen LogP contribution in [0.2, 0.25) is 0 Å². The molecule has 0 bridgehead atoms. The molecule has 126 valence electrons. The van der Waals surface area contributed by atoms with E-state index in [1.165, 1.54) is 0 Å². The summed E-state index contributed by atoms with van der Waals surface area (Å²) in [6.07, 6.45) is 0.982. The lowest BCUT2D eigenvalue weighted by Gasteiger charge is -2.30. The molecule has 0 saturated carbocycles. The Morgan fingerprint density at radius 3 is 2.62 bits per heavy atom. The van der Waals surface area contributed by atoms with Gasteiger partial charge < -0.3 is 15.4 Å². The second-order valence-electron chi connectivity index (χ2n) is 6.35. The lowest BCUT2D eigenvalue weighted by atomic mass is 9.95. The highest BCUT2D eigenvalue weighted by atomic mass is 16.5. The van der Waals surface area contributed by atoms with Gasteiger partial charge in [0.15, 0.2) is 0 Å². The molecule has 0 aromatic heterocycles. The van der Waals surface area contributed by atoms with E-state index in [2.05, 4.69) is 17.6 Å². The minimum atomic E-state index is 0.00396. The van der Waals surface area contributed by atoms with Crippen LogP contribution in [-0.2, 0) is 6.61 Å². The number of nitrogens with one attached hydrogen (secondary N) is 2. The Hall–Kier alpha value is -2.33. The summed E-state index contributed by atoms with van der Waals surface area (Å²) in [7, 11) is 0. The molecule has 0 radical (unpaired) electrons. The van der Waals surface area contributed by atoms with Crippen LogP contribution in [0.15, 0.2) is 54.6 Å². The highest BCUT2D eigenvalue weighted by Crippen LogP contribution is 2.14. The molecule has 2 unspecified atom stereocenters. The molecule has 3 rings (SSSR count). The fourth-order valence-corrected chi connectivity index (χ4v) is 2.92. The standard InChI is InChI=1S/C20H24N2O2/c1-15-13-21-12-11-19(15)22-20(23)17-9-7-16(8-10-17)14-24-18-5-3-2-4-6-18/h2-10,15,19,21H,11-14H2,1H3,(H,22,23). The van der Waals surface area contributed by atoms with Crippen molar-refractivity contribution in [1.82, 2.24) is 10.6 Å². The van der Waals surface area contributed by atoms with Crippen molar-refractivity contribution in [1.29, 1.82) is 0 Å². The van der Waals surface area contributed by atoms with Crippen molar-refractivity contribution in [2.45, 2.75) is 26.0 Å². The highest BCUT2D eigenvalue weighted by Gasteiger charge is 2.22. The van der Waals surface area contributed by atoms with E-state index < -0.39 is 0 Å². The Morgan fingerprint density at radius 2 is 1.92 bits per heavy atom. The monoisotopic (exact) mass is 324 g/mol. The average molecular weight is 324 g/mol.